The minimum atomic E-state index is -4.48. The zero-order chi connectivity index (χ0) is 31.2. The number of carbonyl (C=O) groups excluding carboxylic acids is 2. The smallest absolute Gasteiger partial charge is 0.320 e. The van der Waals surface area contributed by atoms with E-state index in [-0.39, 0.29) is 23.8 Å². The third-order valence-corrected chi connectivity index (χ3v) is 7.72. The molecule has 4 rings (SSSR count). The average molecular weight is 594 g/mol. The minimum Gasteiger partial charge on any atom is -0.320 e. The molecule has 12 heteroatoms. The summed E-state index contributed by atoms with van der Waals surface area (Å²) in [7, 11) is 0. The number of nitrogens with two attached hydrogens (primary N) is 1. The van der Waals surface area contributed by atoms with Crippen molar-refractivity contribution in [3.63, 3.8) is 0 Å². The van der Waals surface area contributed by atoms with Gasteiger partial charge in [0.1, 0.15) is 0 Å². The summed E-state index contributed by atoms with van der Waals surface area (Å²) in [6.07, 6.45) is 4.16. The molecule has 5 N–H and O–H groups in total. The van der Waals surface area contributed by atoms with E-state index in [1.165, 1.54) is 28.7 Å². The minimum absolute atomic E-state index is 0.0754. The highest BCUT2D eigenvalue weighted by molar-refractivity contribution is 6.05. The first kappa shape index (κ1) is 31.2. The summed E-state index contributed by atoms with van der Waals surface area (Å²) in [5.74, 6) is 4.16. The lowest BCUT2D eigenvalue weighted by molar-refractivity contribution is -0.200. The standard InChI is InChI=1S/C31H34F3N7O2/c1-20-16-17-30(2,31(32,33)34)18-26(20)37-29(43)41(25-14-12-23(13-15-25)22-6-4-3-5-7-22)19-21-8-10-24(11-9-21)27(42)38-28(39-35)40-36/h6,8-17,35H,3-5,7,18-19,36H2,1-2H3,(H,37,43)(H,38,40,42). The van der Waals surface area contributed by atoms with Crippen LogP contribution in [0.5, 0.6) is 0 Å². The molecule has 1 atom stereocenters. The second kappa shape index (κ2) is 13.1. The van der Waals surface area contributed by atoms with Crippen LogP contribution in [0.25, 0.3) is 5.57 Å². The molecule has 1 unspecified atom stereocenters. The predicted octanol–water partition coefficient (Wildman–Crippen LogP) is 7.15. The number of alkyl halides is 3. The maximum absolute atomic E-state index is 13.8. The first-order valence-corrected chi connectivity index (χ1v) is 13.8. The predicted molar refractivity (Wildman–Crippen MR) is 159 cm³/mol. The van der Waals surface area contributed by atoms with Crippen LogP contribution in [0, 0.1) is 10.9 Å². The molecule has 226 valence electrons. The Hall–Kier alpha value is -4.74. The molecule has 0 spiro atoms. The molecule has 9 nitrogen and oxygen atoms in total. The number of hydrogen-bond donors (Lipinski definition) is 4. The molecule has 0 aromatic heterocycles. The molecule has 2 aromatic rings. The maximum atomic E-state index is 13.8. The molecule has 2 aliphatic rings. The number of benzene rings is 2. The normalized spacial score (nSPS) is 19.0. The third-order valence-electron chi connectivity index (χ3n) is 7.72. The first-order valence-electron chi connectivity index (χ1n) is 13.8. The van der Waals surface area contributed by atoms with E-state index < -0.39 is 30.0 Å². The molecule has 0 fully saturated rings. The quantitative estimate of drug-likeness (QED) is 0.0931. The topological polar surface area (TPSA) is 136 Å². The van der Waals surface area contributed by atoms with Gasteiger partial charge in [0.15, 0.2) is 0 Å². The number of halogens is 3. The molecule has 2 aromatic carbocycles. The van der Waals surface area contributed by atoms with E-state index in [4.69, 9.17) is 11.4 Å². The fourth-order valence-corrected chi connectivity index (χ4v) is 4.95. The van der Waals surface area contributed by atoms with Crippen molar-refractivity contribution in [3.8, 4) is 0 Å². The number of nitrogens with zero attached hydrogens (tertiary/aromatic N) is 3. The SMILES string of the molecule is CC1=C(NC(=O)N(Cc2ccc(C(=O)N/C(N=N)=N/N)cc2)c2ccc(C3=CCCCC3)cc2)CC(C)(C(F)(F)F)C=C1. The van der Waals surface area contributed by atoms with Crippen molar-refractivity contribution in [2.75, 3.05) is 4.90 Å². The van der Waals surface area contributed by atoms with Crippen molar-refractivity contribution in [3.05, 3.63) is 94.7 Å². The van der Waals surface area contributed by atoms with Crippen LogP contribution in [-0.4, -0.2) is 24.1 Å². The van der Waals surface area contributed by atoms with Crippen molar-refractivity contribution in [1.82, 2.24) is 10.6 Å². The van der Waals surface area contributed by atoms with E-state index in [1.54, 1.807) is 19.1 Å². The number of carbonyl (C=O) groups is 2. The van der Waals surface area contributed by atoms with Gasteiger partial charge in [-0.15, -0.1) is 10.2 Å². The summed E-state index contributed by atoms with van der Waals surface area (Å²) >= 11 is 0. The van der Waals surface area contributed by atoms with Crippen LogP contribution in [0.2, 0.25) is 0 Å². The molecule has 0 heterocycles. The second-order valence-corrected chi connectivity index (χ2v) is 10.8. The Labute approximate surface area is 247 Å². The Balaban J connectivity index is 1.60. The van der Waals surface area contributed by atoms with Gasteiger partial charge in [-0.25, -0.2) is 10.3 Å². The molecule has 0 bridgehead atoms. The van der Waals surface area contributed by atoms with Crippen LogP contribution in [0.1, 0.15) is 67.4 Å². The molecule has 0 radical (unpaired) electrons. The number of hydrazone groups is 1. The summed E-state index contributed by atoms with van der Waals surface area (Å²) in [5.41, 5.74) is 9.40. The third kappa shape index (κ3) is 7.37. The average Bonchev–Trinajstić information content (AvgIpc) is 3.00. The van der Waals surface area contributed by atoms with E-state index in [2.05, 4.69) is 26.9 Å². The van der Waals surface area contributed by atoms with Gasteiger partial charge in [-0.1, -0.05) is 42.5 Å². The van der Waals surface area contributed by atoms with E-state index in [0.29, 0.717) is 16.8 Å². The van der Waals surface area contributed by atoms with Gasteiger partial charge in [0.25, 0.3) is 11.9 Å². The van der Waals surface area contributed by atoms with Gasteiger partial charge in [-0.05, 0) is 86.1 Å². The molecule has 0 saturated carbocycles. The molecule has 2 aliphatic carbocycles. The number of guanidine groups is 1. The van der Waals surface area contributed by atoms with E-state index in [0.717, 1.165) is 44.2 Å². The van der Waals surface area contributed by atoms with Crippen LogP contribution >= 0.6 is 0 Å². The van der Waals surface area contributed by atoms with Gasteiger partial charge in [0, 0.05) is 23.4 Å². The van der Waals surface area contributed by atoms with Crippen molar-refractivity contribution in [1.29, 1.82) is 5.53 Å². The monoisotopic (exact) mass is 593 g/mol. The maximum Gasteiger partial charge on any atom is 0.397 e. The fourth-order valence-electron chi connectivity index (χ4n) is 4.95. The summed E-state index contributed by atoms with van der Waals surface area (Å²) in [6, 6.07) is 13.3. The zero-order valence-electron chi connectivity index (χ0n) is 24.0. The number of allylic oxidation sites excluding steroid dienone is 6. The highest BCUT2D eigenvalue weighted by Gasteiger charge is 2.50. The molecule has 0 aliphatic heterocycles. The van der Waals surface area contributed by atoms with Crippen molar-refractivity contribution in [2.24, 2.45) is 21.5 Å². The largest absolute Gasteiger partial charge is 0.397 e. The second-order valence-electron chi connectivity index (χ2n) is 10.8. The number of rotatable bonds is 6. The number of urea groups is 1. The molecule has 43 heavy (non-hydrogen) atoms. The Morgan fingerprint density at radius 3 is 2.37 bits per heavy atom. The van der Waals surface area contributed by atoms with Crippen LogP contribution in [0.15, 0.2) is 88.2 Å². The highest BCUT2D eigenvalue weighted by Crippen LogP contribution is 2.46. The van der Waals surface area contributed by atoms with Crippen LogP contribution in [-0.2, 0) is 6.54 Å². The van der Waals surface area contributed by atoms with Gasteiger partial charge in [0.2, 0.25) is 0 Å². The number of hydrogen-bond acceptors (Lipinski definition) is 5. The zero-order valence-corrected chi connectivity index (χ0v) is 24.0. The summed E-state index contributed by atoms with van der Waals surface area (Å²) in [4.78, 5) is 27.6. The van der Waals surface area contributed by atoms with Crippen molar-refractivity contribution in [2.45, 2.75) is 58.7 Å². The lowest BCUT2D eigenvalue weighted by Crippen LogP contribution is -2.43. The van der Waals surface area contributed by atoms with Gasteiger partial charge in [-0.3, -0.25) is 15.0 Å². The van der Waals surface area contributed by atoms with Gasteiger partial charge in [0.05, 0.1) is 12.0 Å². The Morgan fingerprint density at radius 1 is 1.09 bits per heavy atom. The van der Waals surface area contributed by atoms with Crippen LogP contribution in [0.4, 0.5) is 23.7 Å². The highest BCUT2D eigenvalue weighted by atomic mass is 19.4. The summed E-state index contributed by atoms with van der Waals surface area (Å²) in [6.45, 7) is 2.85. The lowest BCUT2D eigenvalue weighted by Gasteiger charge is -2.34. The number of nitrogens with one attached hydrogen (secondary N) is 3. The van der Waals surface area contributed by atoms with Crippen LogP contribution in [0.3, 0.4) is 0 Å². The van der Waals surface area contributed by atoms with E-state index >= 15 is 0 Å². The van der Waals surface area contributed by atoms with Gasteiger partial charge >= 0.3 is 12.2 Å². The number of amides is 3. The van der Waals surface area contributed by atoms with Crippen molar-refractivity contribution >= 4 is 29.2 Å². The Kier molecular flexibility index (Phi) is 9.47. The lowest BCUT2D eigenvalue weighted by atomic mass is 9.79. The summed E-state index contributed by atoms with van der Waals surface area (Å²) in [5, 5.41) is 11.3. The molecular weight excluding hydrogens is 559 g/mol. The first-order chi connectivity index (χ1) is 20.4. The molecule has 3 amide bonds. The van der Waals surface area contributed by atoms with Gasteiger partial charge in [-0.2, -0.15) is 13.2 Å². The Morgan fingerprint density at radius 2 is 1.79 bits per heavy atom. The van der Waals surface area contributed by atoms with E-state index in [9.17, 15) is 22.8 Å². The van der Waals surface area contributed by atoms with Crippen LogP contribution < -0.4 is 21.4 Å². The molecule has 0 saturated heterocycles. The number of anilines is 1. The summed E-state index contributed by atoms with van der Waals surface area (Å²) < 4.78 is 41.4. The fraction of sp³-hybridized carbons (Fsp3) is 0.323. The van der Waals surface area contributed by atoms with Gasteiger partial charge < -0.3 is 11.2 Å². The molecular formula is C31H34F3N7O2. The van der Waals surface area contributed by atoms with Crippen molar-refractivity contribution < 1.29 is 22.8 Å². The van der Waals surface area contributed by atoms with E-state index in [1.807, 2.05) is 24.3 Å². The Bertz CT molecular complexity index is 1490.